The van der Waals surface area contributed by atoms with Crippen molar-refractivity contribution in [3.05, 3.63) is 11.6 Å². The van der Waals surface area contributed by atoms with Crippen LogP contribution in [-0.4, -0.2) is 45.7 Å². The maximum Gasteiger partial charge on any atom is 0.288 e. The molecule has 0 radical (unpaired) electrons. The van der Waals surface area contributed by atoms with E-state index in [1.165, 1.54) is 0 Å². The van der Waals surface area contributed by atoms with Gasteiger partial charge >= 0.3 is 0 Å². The predicted octanol–water partition coefficient (Wildman–Crippen LogP) is -1.69. The van der Waals surface area contributed by atoms with Crippen LogP contribution in [0.4, 0.5) is 0 Å². The lowest BCUT2D eigenvalue weighted by molar-refractivity contribution is -0.0891. The van der Waals surface area contributed by atoms with Crippen LogP contribution >= 0.6 is 0 Å². The Morgan fingerprint density at radius 2 is 2.53 bits per heavy atom. The second-order valence-electron chi connectivity index (χ2n) is 2.98. The summed E-state index contributed by atoms with van der Waals surface area (Å²) in [6.07, 6.45) is -1.11. The number of nitrogens with one attached hydrogen (secondary N) is 1. The molecule has 0 bridgehead atoms. The molecule has 0 unspecified atom stereocenters. The first-order valence-electron chi connectivity index (χ1n) is 4.30. The van der Waals surface area contributed by atoms with Gasteiger partial charge in [-0.05, 0) is 0 Å². The van der Waals surface area contributed by atoms with Crippen molar-refractivity contribution >= 4 is 5.91 Å². The molecular formula is C7H10N4O4. The van der Waals surface area contributed by atoms with Gasteiger partial charge in [0.2, 0.25) is 5.82 Å². The first-order chi connectivity index (χ1) is 7.20. The molecule has 1 aromatic heterocycles. The highest BCUT2D eigenvalue weighted by molar-refractivity contribution is 5.88. The number of amides is 1. The van der Waals surface area contributed by atoms with E-state index < -0.39 is 18.3 Å². The molecule has 8 heteroatoms. The highest BCUT2D eigenvalue weighted by Crippen LogP contribution is 2.23. The number of ether oxygens (including phenoxy) is 2. The van der Waals surface area contributed by atoms with Gasteiger partial charge in [0, 0.05) is 0 Å². The van der Waals surface area contributed by atoms with Gasteiger partial charge in [0.25, 0.3) is 5.91 Å². The number of carbonyl (C=O) groups is 1. The highest BCUT2D eigenvalue weighted by atomic mass is 16.7. The van der Waals surface area contributed by atoms with Crippen LogP contribution in [0.1, 0.15) is 22.5 Å². The number of nitrogens with zero attached hydrogens (tertiary/aromatic N) is 2. The van der Waals surface area contributed by atoms with Crippen molar-refractivity contribution in [3.8, 4) is 0 Å². The van der Waals surface area contributed by atoms with Crippen LogP contribution in [0.2, 0.25) is 0 Å². The van der Waals surface area contributed by atoms with E-state index in [9.17, 15) is 4.79 Å². The second-order valence-corrected chi connectivity index (χ2v) is 2.98. The summed E-state index contributed by atoms with van der Waals surface area (Å²) in [5.74, 6) is -0.448. The Morgan fingerprint density at radius 3 is 3.07 bits per heavy atom. The van der Waals surface area contributed by atoms with Crippen molar-refractivity contribution in [2.75, 3.05) is 13.2 Å². The Kier molecular flexibility index (Phi) is 2.62. The van der Waals surface area contributed by atoms with Crippen molar-refractivity contribution in [2.24, 2.45) is 5.73 Å². The van der Waals surface area contributed by atoms with Gasteiger partial charge in [0.1, 0.15) is 6.10 Å². The van der Waals surface area contributed by atoms with E-state index in [1.807, 2.05) is 0 Å². The third kappa shape index (κ3) is 1.96. The lowest BCUT2D eigenvalue weighted by Crippen LogP contribution is -2.14. The number of aromatic amines is 1. The predicted molar refractivity (Wildman–Crippen MR) is 45.6 cm³/mol. The number of rotatable bonds is 3. The van der Waals surface area contributed by atoms with Crippen molar-refractivity contribution in [2.45, 2.75) is 12.4 Å². The topological polar surface area (TPSA) is 123 Å². The van der Waals surface area contributed by atoms with Gasteiger partial charge in [-0.2, -0.15) is 0 Å². The van der Waals surface area contributed by atoms with Gasteiger partial charge in [-0.25, -0.2) is 4.98 Å². The fraction of sp³-hybridized carbons (Fsp3) is 0.571. The summed E-state index contributed by atoms with van der Waals surface area (Å²) in [6, 6.07) is 0. The lowest BCUT2D eigenvalue weighted by Gasteiger charge is -2.05. The van der Waals surface area contributed by atoms with Gasteiger partial charge < -0.3 is 20.3 Å². The summed E-state index contributed by atoms with van der Waals surface area (Å²) in [7, 11) is 0. The number of hydrogen-bond acceptors (Lipinski definition) is 6. The van der Waals surface area contributed by atoms with E-state index in [0.29, 0.717) is 5.82 Å². The zero-order valence-electron chi connectivity index (χ0n) is 7.71. The molecule has 1 aromatic rings. The Bertz CT molecular complexity index is 366. The molecule has 0 aliphatic carbocycles. The Hall–Kier alpha value is -1.51. The second kappa shape index (κ2) is 3.93. The Balaban J connectivity index is 2.07. The van der Waals surface area contributed by atoms with Gasteiger partial charge in [-0.15, -0.1) is 5.10 Å². The summed E-state index contributed by atoms with van der Waals surface area (Å²) in [4.78, 5) is 14.5. The fourth-order valence-electron chi connectivity index (χ4n) is 1.22. The summed E-state index contributed by atoms with van der Waals surface area (Å²) in [6.45, 7) is 0.0198. The van der Waals surface area contributed by atoms with Crippen molar-refractivity contribution in [3.63, 3.8) is 0 Å². The normalized spacial score (nSPS) is 25.7. The minimum Gasteiger partial charge on any atom is -0.391 e. The maximum atomic E-state index is 10.7. The van der Waals surface area contributed by atoms with Gasteiger partial charge in [0.15, 0.2) is 12.1 Å². The number of primary amides is 1. The first-order valence-corrected chi connectivity index (χ1v) is 4.30. The molecule has 0 saturated carbocycles. The molecule has 1 fully saturated rings. The van der Waals surface area contributed by atoms with Gasteiger partial charge in [-0.1, -0.05) is 0 Å². The third-order valence-corrected chi connectivity index (χ3v) is 1.93. The van der Waals surface area contributed by atoms with Crippen molar-refractivity contribution < 1.29 is 19.4 Å². The van der Waals surface area contributed by atoms with Crippen LogP contribution in [0.3, 0.4) is 0 Å². The molecule has 0 aromatic carbocycles. The lowest BCUT2D eigenvalue weighted by atomic mass is 10.4. The number of aliphatic hydroxyl groups excluding tert-OH is 1. The van der Waals surface area contributed by atoms with Crippen LogP contribution in [0.15, 0.2) is 0 Å². The largest absolute Gasteiger partial charge is 0.391 e. The molecule has 1 amide bonds. The van der Waals surface area contributed by atoms with E-state index in [-0.39, 0.29) is 19.0 Å². The number of carbonyl (C=O) groups excluding carboxylic acids is 1. The maximum absolute atomic E-state index is 10.7. The van der Waals surface area contributed by atoms with E-state index in [1.54, 1.807) is 0 Å². The minimum absolute atomic E-state index is 0.0963. The van der Waals surface area contributed by atoms with Crippen LogP contribution in [-0.2, 0) is 9.47 Å². The molecule has 2 heterocycles. The number of aromatic nitrogens is 3. The third-order valence-electron chi connectivity index (χ3n) is 1.93. The van der Waals surface area contributed by atoms with E-state index in [4.69, 9.17) is 20.3 Å². The molecule has 15 heavy (non-hydrogen) atoms. The Labute approximate surface area is 84.4 Å². The van der Waals surface area contributed by atoms with Crippen LogP contribution in [0.25, 0.3) is 0 Å². The van der Waals surface area contributed by atoms with Crippen LogP contribution in [0.5, 0.6) is 0 Å². The summed E-state index contributed by atoms with van der Waals surface area (Å²) in [5, 5.41) is 14.9. The number of nitrogens with two attached hydrogens (primary N) is 1. The zero-order chi connectivity index (χ0) is 10.8. The molecule has 2 rings (SSSR count). The average Bonchev–Trinajstić information content (AvgIpc) is 2.86. The molecule has 1 aliphatic rings. The molecule has 2 atom stereocenters. The Morgan fingerprint density at radius 1 is 1.73 bits per heavy atom. The number of H-pyrrole nitrogens is 1. The molecule has 1 saturated heterocycles. The smallest absolute Gasteiger partial charge is 0.288 e. The molecule has 0 spiro atoms. The highest BCUT2D eigenvalue weighted by Gasteiger charge is 2.29. The summed E-state index contributed by atoms with van der Waals surface area (Å²) >= 11 is 0. The van der Waals surface area contributed by atoms with E-state index in [0.717, 1.165) is 0 Å². The average molecular weight is 214 g/mol. The van der Waals surface area contributed by atoms with E-state index >= 15 is 0 Å². The minimum atomic E-state index is -0.713. The van der Waals surface area contributed by atoms with Crippen LogP contribution in [0, 0.1) is 0 Å². The monoisotopic (exact) mass is 214 g/mol. The van der Waals surface area contributed by atoms with Crippen molar-refractivity contribution in [1.82, 2.24) is 15.2 Å². The van der Waals surface area contributed by atoms with E-state index in [2.05, 4.69) is 15.2 Å². The van der Waals surface area contributed by atoms with Gasteiger partial charge in [0.05, 0.1) is 13.2 Å². The fourth-order valence-corrected chi connectivity index (χ4v) is 1.22. The molecule has 1 aliphatic heterocycles. The van der Waals surface area contributed by atoms with Crippen LogP contribution < -0.4 is 5.73 Å². The molecule has 4 N–H and O–H groups in total. The molecule has 8 nitrogen and oxygen atoms in total. The zero-order valence-corrected chi connectivity index (χ0v) is 7.71. The first kappa shape index (κ1) is 10.0. The summed E-state index contributed by atoms with van der Waals surface area (Å²) in [5.41, 5.74) is 4.98. The van der Waals surface area contributed by atoms with Crippen molar-refractivity contribution in [1.29, 1.82) is 0 Å². The quantitative estimate of drug-likeness (QED) is 0.551. The SMILES string of the molecule is NC(=O)c1n[nH]c([C@H]2CO[C@H](CO)O2)n1. The molecule has 82 valence electrons. The number of aliphatic hydroxyl groups is 1. The number of hydrogen-bond donors (Lipinski definition) is 3. The van der Waals surface area contributed by atoms with Gasteiger partial charge in [-0.3, -0.25) is 9.89 Å². The molecular weight excluding hydrogens is 204 g/mol. The summed E-state index contributed by atoms with van der Waals surface area (Å²) < 4.78 is 10.3. The standard InChI is InChI=1S/C7H10N4O4/c8-5(13)7-9-6(10-11-7)3-2-14-4(1-12)15-3/h3-4,12H,1-2H2,(H2,8,13)(H,9,10,11)/t3-,4+/m1/s1.